The number of alkyl halides is 3. The Balaban J connectivity index is 2.10. The van der Waals surface area contributed by atoms with Crippen LogP contribution in [0.2, 0.25) is 0 Å². The minimum absolute atomic E-state index is 0.219. The molecule has 0 aromatic carbocycles. The van der Waals surface area contributed by atoms with Gasteiger partial charge >= 0.3 is 6.18 Å². The van der Waals surface area contributed by atoms with E-state index >= 15 is 0 Å². The van der Waals surface area contributed by atoms with Crippen molar-refractivity contribution >= 4 is 17.2 Å². The van der Waals surface area contributed by atoms with Crippen LogP contribution < -0.4 is 5.32 Å². The van der Waals surface area contributed by atoms with Gasteiger partial charge in [0.2, 0.25) is 5.91 Å². The Morgan fingerprint density at radius 1 is 1.34 bits per heavy atom. The highest BCUT2D eigenvalue weighted by atomic mass is 32.1. The van der Waals surface area contributed by atoms with Crippen molar-refractivity contribution in [3.8, 4) is 6.07 Å². The summed E-state index contributed by atoms with van der Waals surface area (Å²) in [6.45, 7) is 3.86. The highest BCUT2D eigenvalue weighted by molar-refractivity contribution is 7.12. The molecule has 1 amide bonds. The van der Waals surface area contributed by atoms with Gasteiger partial charge in [0, 0.05) is 18.1 Å². The summed E-state index contributed by atoms with van der Waals surface area (Å²) in [6.07, 6.45) is -2.39. The van der Waals surface area contributed by atoms with Crippen LogP contribution in [0, 0.1) is 11.3 Å². The molecule has 1 aliphatic rings. The minimum Gasteiger partial charge on any atom is -0.330 e. The predicted molar refractivity (Wildman–Crippen MR) is 103 cm³/mol. The van der Waals surface area contributed by atoms with Crippen LogP contribution in [0.4, 0.5) is 13.2 Å². The van der Waals surface area contributed by atoms with Crippen molar-refractivity contribution in [2.75, 3.05) is 7.05 Å². The fourth-order valence-electron chi connectivity index (χ4n) is 3.73. The van der Waals surface area contributed by atoms with E-state index in [-0.39, 0.29) is 17.8 Å². The topological polar surface area (TPSA) is 69.0 Å². The van der Waals surface area contributed by atoms with E-state index in [1.165, 1.54) is 17.4 Å². The van der Waals surface area contributed by atoms with Crippen LogP contribution >= 0.6 is 11.3 Å². The predicted octanol–water partition coefficient (Wildman–Crippen LogP) is 4.22. The van der Waals surface area contributed by atoms with Gasteiger partial charge in [-0.15, -0.1) is 11.3 Å². The van der Waals surface area contributed by atoms with E-state index in [0.29, 0.717) is 4.88 Å². The Labute approximate surface area is 171 Å². The van der Waals surface area contributed by atoms with Gasteiger partial charge in [0.1, 0.15) is 16.9 Å². The fourth-order valence-corrected chi connectivity index (χ4v) is 4.67. The molecule has 0 bridgehead atoms. The molecule has 2 aromatic rings. The van der Waals surface area contributed by atoms with Crippen molar-refractivity contribution in [2.45, 2.75) is 50.5 Å². The molecule has 3 rings (SSSR count). The van der Waals surface area contributed by atoms with Crippen LogP contribution in [0.15, 0.2) is 30.5 Å². The summed E-state index contributed by atoms with van der Waals surface area (Å²) < 4.78 is 38.8. The second kappa shape index (κ2) is 7.76. The second-order valence-corrected chi connectivity index (χ2v) is 8.36. The van der Waals surface area contributed by atoms with E-state index in [1.807, 2.05) is 13.8 Å². The number of hydrogen-bond donors (Lipinski definition) is 1. The number of nitriles is 1. The Morgan fingerprint density at radius 2 is 2.07 bits per heavy atom. The summed E-state index contributed by atoms with van der Waals surface area (Å²) >= 11 is 1.27. The second-order valence-electron chi connectivity index (χ2n) is 7.28. The van der Waals surface area contributed by atoms with Crippen LogP contribution in [0.25, 0.3) is 0 Å². The number of rotatable bonds is 4. The Morgan fingerprint density at radius 3 is 2.59 bits per heavy atom. The zero-order valence-electron chi connectivity index (χ0n) is 16.2. The van der Waals surface area contributed by atoms with Crippen LogP contribution in [0.3, 0.4) is 0 Å². The summed E-state index contributed by atoms with van der Waals surface area (Å²) in [5.41, 5.74) is -1.51. The highest BCUT2D eigenvalue weighted by Crippen LogP contribution is 2.44. The number of carbonyl (C=O) groups excluding carboxylic acids is 1. The van der Waals surface area contributed by atoms with Crippen LogP contribution in [0.5, 0.6) is 0 Å². The Hall–Kier alpha value is -2.44. The molecule has 0 spiro atoms. The highest BCUT2D eigenvalue weighted by Gasteiger charge is 2.50. The molecule has 154 valence electrons. The Bertz CT molecular complexity index is 934. The van der Waals surface area contributed by atoms with Gasteiger partial charge in [0.05, 0.1) is 23.0 Å². The molecule has 29 heavy (non-hydrogen) atoms. The fraction of sp³-hybridized carbons (Fsp3) is 0.450. The van der Waals surface area contributed by atoms with Crippen molar-refractivity contribution in [1.82, 2.24) is 15.2 Å². The third-order valence-corrected chi connectivity index (χ3v) is 6.53. The van der Waals surface area contributed by atoms with Gasteiger partial charge in [-0.05, 0) is 37.6 Å². The first-order valence-electron chi connectivity index (χ1n) is 9.19. The van der Waals surface area contributed by atoms with Crippen molar-refractivity contribution in [3.05, 3.63) is 51.5 Å². The largest absolute Gasteiger partial charge is 0.417 e. The molecule has 1 saturated heterocycles. The molecule has 1 aliphatic heterocycles. The van der Waals surface area contributed by atoms with E-state index < -0.39 is 23.2 Å². The van der Waals surface area contributed by atoms with E-state index in [1.54, 1.807) is 24.1 Å². The summed E-state index contributed by atoms with van der Waals surface area (Å²) in [5, 5.41) is 12.7. The molecular weight excluding hydrogens is 401 g/mol. The summed E-state index contributed by atoms with van der Waals surface area (Å²) in [5.74, 6) is -1.04. The lowest BCUT2D eigenvalue weighted by Gasteiger charge is -2.49. The van der Waals surface area contributed by atoms with E-state index in [2.05, 4.69) is 16.4 Å². The first-order chi connectivity index (χ1) is 13.6. The van der Waals surface area contributed by atoms with E-state index in [9.17, 15) is 23.2 Å². The molecular formula is C20H21F3N4OS. The molecule has 9 heteroatoms. The maximum absolute atomic E-state index is 13.3. The van der Waals surface area contributed by atoms with Gasteiger partial charge < -0.3 is 4.90 Å². The molecule has 0 radical (unpaired) electrons. The minimum atomic E-state index is -4.50. The monoisotopic (exact) mass is 422 g/mol. The van der Waals surface area contributed by atoms with Crippen molar-refractivity contribution < 1.29 is 18.0 Å². The average Bonchev–Trinajstić information content (AvgIpc) is 3.16. The molecule has 0 aliphatic carbocycles. The first-order valence-corrected chi connectivity index (χ1v) is 10.0. The van der Waals surface area contributed by atoms with Crippen LogP contribution in [-0.4, -0.2) is 29.0 Å². The van der Waals surface area contributed by atoms with Crippen molar-refractivity contribution in [3.63, 3.8) is 0 Å². The molecule has 0 saturated carbocycles. The van der Waals surface area contributed by atoms with Gasteiger partial charge in [-0.3, -0.25) is 15.1 Å². The maximum Gasteiger partial charge on any atom is 0.417 e. The number of nitrogens with one attached hydrogen (secondary N) is 1. The van der Waals surface area contributed by atoms with Gasteiger partial charge in [-0.2, -0.15) is 18.4 Å². The third kappa shape index (κ3) is 3.87. The smallest absolute Gasteiger partial charge is 0.330 e. The third-order valence-electron chi connectivity index (χ3n) is 5.31. The number of likely N-dealkylation sites (N-methyl/N-ethyl adjacent to an activating group) is 1. The number of hydrogen-bond acceptors (Lipinski definition) is 5. The van der Waals surface area contributed by atoms with Crippen molar-refractivity contribution in [2.24, 2.45) is 0 Å². The van der Waals surface area contributed by atoms with Gasteiger partial charge in [-0.1, -0.05) is 13.3 Å². The van der Waals surface area contributed by atoms with Gasteiger partial charge in [0.15, 0.2) is 0 Å². The molecule has 1 fully saturated rings. The van der Waals surface area contributed by atoms with Crippen LogP contribution in [0.1, 0.15) is 53.6 Å². The summed E-state index contributed by atoms with van der Waals surface area (Å²) in [4.78, 5) is 20.2. The Kier molecular flexibility index (Phi) is 5.70. The van der Waals surface area contributed by atoms with E-state index in [4.69, 9.17) is 0 Å². The number of thiophene rings is 1. The van der Waals surface area contributed by atoms with Crippen LogP contribution in [-0.2, 0) is 16.5 Å². The van der Waals surface area contributed by atoms with Gasteiger partial charge in [-0.25, -0.2) is 0 Å². The molecule has 3 atom stereocenters. The standard InChI is InChI=1S/C20H21F3N4OS/c1-4-5-16-26-19(2,15-9-7-13(10-24)29-15)17(18(28)27(16)3)14-8-6-12(11-25-14)20(21,22)23/h6-9,11,16-17,26H,4-5H2,1-3H3/t16?,17-,19-/m1/s1. The molecule has 2 aromatic heterocycles. The van der Waals surface area contributed by atoms with Crippen molar-refractivity contribution in [1.29, 1.82) is 5.26 Å². The zero-order valence-corrected chi connectivity index (χ0v) is 17.1. The quantitative estimate of drug-likeness (QED) is 0.801. The number of aromatic nitrogens is 1. The number of amides is 1. The summed E-state index contributed by atoms with van der Waals surface area (Å²) in [6, 6.07) is 7.77. The average molecular weight is 422 g/mol. The summed E-state index contributed by atoms with van der Waals surface area (Å²) in [7, 11) is 1.68. The van der Waals surface area contributed by atoms with E-state index in [0.717, 1.165) is 30.0 Å². The zero-order chi connectivity index (χ0) is 21.4. The number of carbonyl (C=O) groups is 1. The molecule has 1 unspecified atom stereocenters. The molecule has 3 heterocycles. The molecule has 5 nitrogen and oxygen atoms in total. The van der Waals surface area contributed by atoms with Gasteiger partial charge in [0.25, 0.3) is 0 Å². The molecule has 1 N–H and O–H groups in total. The lowest BCUT2D eigenvalue weighted by molar-refractivity contribution is -0.142. The first kappa shape index (κ1) is 21.3. The normalized spacial score (nSPS) is 25.1. The number of halogens is 3. The lowest BCUT2D eigenvalue weighted by atomic mass is 9.78. The number of nitrogens with zero attached hydrogens (tertiary/aromatic N) is 3. The lowest BCUT2D eigenvalue weighted by Crippen LogP contribution is -2.64. The maximum atomic E-state index is 13.3. The number of pyridine rings is 1. The SMILES string of the molecule is CCCC1N[C@](C)(c2ccc(C#N)s2)[C@H](c2ccc(C(F)(F)F)cn2)C(=O)N1C.